The molecular weight excluding hydrogens is 304 g/mol. The number of aliphatic hydroxyl groups is 3. The Morgan fingerprint density at radius 3 is 1.92 bits per heavy atom. The van der Waals surface area contributed by atoms with Crippen molar-refractivity contribution in [1.82, 2.24) is 0 Å². The molecule has 0 aromatic carbocycles. The zero-order chi connectivity index (χ0) is 18.4. The molecule has 0 saturated carbocycles. The lowest BCUT2D eigenvalue weighted by Crippen LogP contribution is -2.33. The first-order valence-corrected chi connectivity index (χ1v) is 8.86. The maximum absolute atomic E-state index is 9.43. The van der Waals surface area contributed by atoms with Crippen LogP contribution in [-0.2, 0) is 4.74 Å². The predicted octanol–water partition coefficient (Wildman–Crippen LogP) is 3.53. The van der Waals surface area contributed by atoms with E-state index in [-0.39, 0.29) is 6.61 Å². The van der Waals surface area contributed by atoms with Crippen molar-refractivity contribution in [2.75, 3.05) is 19.8 Å². The SMILES string of the molecule is CC(C)=CCC/C(C)=C/CC/C(C)=C/CCOC[C@H](O)[C@H](O)CO. The molecule has 2 atom stereocenters. The lowest BCUT2D eigenvalue weighted by Gasteiger charge is -2.15. The molecule has 0 spiro atoms. The van der Waals surface area contributed by atoms with Gasteiger partial charge in [-0.1, -0.05) is 34.9 Å². The van der Waals surface area contributed by atoms with Gasteiger partial charge in [-0.05, 0) is 59.8 Å². The van der Waals surface area contributed by atoms with Gasteiger partial charge in [-0.3, -0.25) is 0 Å². The third-order valence-corrected chi connectivity index (χ3v) is 3.80. The van der Waals surface area contributed by atoms with Crippen molar-refractivity contribution in [3.63, 3.8) is 0 Å². The van der Waals surface area contributed by atoms with Gasteiger partial charge < -0.3 is 20.1 Å². The smallest absolute Gasteiger partial charge is 0.105 e. The standard InChI is InChI=1S/C20H36O4/c1-16(2)8-5-9-17(3)10-6-11-18(4)12-7-13-24-15-20(23)19(22)14-21/h8,10,12,19-23H,5-7,9,11,13-15H2,1-4H3/b17-10+,18-12+/t19-,20+/m1/s1. The van der Waals surface area contributed by atoms with Gasteiger partial charge in [-0.15, -0.1) is 0 Å². The molecule has 0 heterocycles. The highest BCUT2D eigenvalue weighted by atomic mass is 16.5. The van der Waals surface area contributed by atoms with Crippen molar-refractivity contribution in [3.8, 4) is 0 Å². The Kier molecular flexibility index (Phi) is 13.8. The number of aliphatic hydroxyl groups excluding tert-OH is 3. The van der Waals surface area contributed by atoms with Crippen LogP contribution in [0.5, 0.6) is 0 Å². The van der Waals surface area contributed by atoms with Gasteiger partial charge in [-0.25, -0.2) is 0 Å². The first kappa shape index (κ1) is 23.1. The molecule has 3 N–H and O–H groups in total. The number of rotatable bonds is 13. The normalized spacial score (nSPS) is 15.3. The van der Waals surface area contributed by atoms with Gasteiger partial charge in [-0.2, -0.15) is 0 Å². The summed E-state index contributed by atoms with van der Waals surface area (Å²) in [5, 5.41) is 27.3. The number of hydrogen-bond acceptors (Lipinski definition) is 4. The maximum atomic E-state index is 9.43. The largest absolute Gasteiger partial charge is 0.394 e. The van der Waals surface area contributed by atoms with Crippen LogP contribution in [0.3, 0.4) is 0 Å². The second kappa shape index (κ2) is 14.4. The Bertz CT molecular complexity index is 406. The van der Waals surface area contributed by atoms with E-state index >= 15 is 0 Å². The molecule has 24 heavy (non-hydrogen) atoms. The van der Waals surface area contributed by atoms with Crippen LogP contribution < -0.4 is 0 Å². The van der Waals surface area contributed by atoms with Crippen molar-refractivity contribution < 1.29 is 20.1 Å². The van der Waals surface area contributed by atoms with Gasteiger partial charge in [0.15, 0.2) is 0 Å². The van der Waals surface area contributed by atoms with Gasteiger partial charge >= 0.3 is 0 Å². The summed E-state index contributed by atoms with van der Waals surface area (Å²) in [6.45, 7) is 8.67. The van der Waals surface area contributed by atoms with Crippen LogP contribution in [0, 0.1) is 0 Å². The van der Waals surface area contributed by atoms with E-state index in [9.17, 15) is 10.2 Å². The van der Waals surface area contributed by atoms with E-state index < -0.39 is 18.8 Å². The second-order valence-electron chi connectivity index (χ2n) is 6.64. The average molecular weight is 341 g/mol. The molecule has 0 aliphatic rings. The summed E-state index contributed by atoms with van der Waals surface area (Å²) in [6.07, 6.45) is 9.74. The van der Waals surface area contributed by atoms with E-state index in [1.54, 1.807) is 0 Å². The van der Waals surface area contributed by atoms with E-state index in [2.05, 4.69) is 45.9 Å². The molecule has 4 nitrogen and oxygen atoms in total. The van der Waals surface area contributed by atoms with Crippen LogP contribution in [0.25, 0.3) is 0 Å². The van der Waals surface area contributed by atoms with Gasteiger partial charge in [0.25, 0.3) is 0 Å². The van der Waals surface area contributed by atoms with E-state index in [0.717, 1.165) is 32.1 Å². The zero-order valence-corrected chi connectivity index (χ0v) is 15.8. The highest BCUT2D eigenvalue weighted by molar-refractivity contribution is 5.05. The third kappa shape index (κ3) is 13.5. The Morgan fingerprint density at radius 2 is 1.38 bits per heavy atom. The quantitative estimate of drug-likeness (QED) is 0.354. The monoisotopic (exact) mass is 340 g/mol. The topological polar surface area (TPSA) is 69.9 Å². The van der Waals surface area contributed by atoms with Gasteiger partial charge in [0, 0.05) is 0 Å². The molecule has 0 aromatic heterocycles. The Morgan fingerprint density at radius 1 is 0.833 bits per heavy atom. The summed E-state index contributed by atoms with van der Waals surface area (Å²) in [5.41, 5.74) is 4.16. The lowest BCUT2D eigenvalue weighted by atomic mass is 10.1. The van der Waals surface area contributed by atoms with Gasteiger partial charge in [0.1, 0.15) is 12.2 Å². The highest BCUT2D eigenvalue weighted by Gasteiger charge is 2.14. The molecule has 0 fully saturated rings. The molecule has 140 valence electrons. The van der Waals surface area contributed by atoms with Crippen LogP contribution in [0.15, 0.2) is 34.9 Å². The highest BCUT2D eigenvalue weighted by Crippen LogP contribution is 2.11. The van der Waals surface area contributed by atoms with Crippen molar-refractivity contribution in [2.45, 2.75) is 72.0 Å². The van der Waals surface area contributed by atoms with Gasteiger partial charge in [0.05, 0.1) is 19.8 Å². The molecule has 0 aromatic rings. The van der Waals surface area contributed by atoms with Crippen molar-refractivity contribution >= 4 is 0 Å². The van der Waals surface area contributed by atoms with E-state index in [1.165, 1.54) is 16.7 Å². The van der Waals surface area contributed by atoms with Gasteiger partial charge in [0.2, 0.25) is 0 Å². The number of ether oxygens (including phenoxy) is 1. The minimum Gasteiger partial charge on any atom is -0.394 e. The maximum Gasteiger partial charge on any atom is 0.105 e. The lowest BCUT2D eigenvalue weighted by molar-refractivity contribution is -0.0560. The Labute approximate surface area is 147 Å². The third-order valence-electron chi connectivity index (χ3n) is 3.80. The summed E-state index contributed by atoms with van der Waals surface area (Å²) < 4.78 is 5.29. The second-order valence-corrected chi connectivity index (χ2v) is 6.64. The molecule has 0 saturated heterocycles. The van der Waals surface area contributed by atoms with Crippen LogP contribution in [-0.4, -0.2) is 47.3 Å². The van der Waals surface area contributed by atoms with Crippen molar-refractivity contribution in [1.29, 1.82) is 0 Å². The van der Waals surface area contributed by atoms with Crippen molar-refractivity contribution in [3.05, 3.63) is 34.9 Å². The van der Waals surface area contributed by atoms with Crippen LogP contribution >= 0.6 is 0 Å². The molecule has 4 heteroatoms. The molecular formula is C20H36O4. The molecule has 0 amide bonds. The average Bonchev–Trinajstić information content (AvgIpc) is 2.53. The summed E-state index contributed by atoms with van der Waals surface area (Å²) in [7, 11) is 0. The predicted molar refractivity (Wildman–Crippen MR) is 99.9 cm³/mol. The van der Waals surface area contributed by atoms with E-state index in [0.29, 0.717) is 6.61 Å². The first-order chi connectivity index (χ1) is 11.4. The van der Waals surface area contributed by atoms with E-state index in [1.807, 2.05) is 0 Å². The van der Waals surface area contributed by atoms with Crippen LogP contribution in [0.4, 0.5) is 0 Å². The van der Waals surface area contributed by atoms with Crippen LogP contribution in [0.2, 0.25) is 0 Å². The zero-order valence-electron chi connectivity index (χ0n) is 15.8. The number of allylic oxidation sites excluding steroid dienone is 5. The summed E-state index contributed by atoms with van der Waals surface area (Å²) in [4.78, 5) is 0. The fourth-order valence-electron chi connectivity index (χ4n) is 2.16. The van der Waals surface area contributed by atoms with Crippen LogP contribution in [0.1, 0.15) is 59.8 Å². The minimum atomic E-state index is -1.13. The molecule has 0 bridgehead atoms. The van der Waals surface area contributed by atoms with Crippen molar-refractivity contribution in [2.24, 2.45) is 0 Å². The molecule has 0 unspecified atom stereocenters. The number of hydrogen-bond donors (Lipinski definition) is 3. The fourth-order valence-corrected chi connectivity index (χ4v) is 2.16. The molecule has 0 rings (SSSR count). The molecule has 0 aliphatic carbocycles. The summed E-state index contributed by atoms with van der Waals surface area (Å²) in [6, 6.07) is 0. The molecule has 0 aliphatic heterocycles. The first-order valence-electron chi connectivity index (χ1n) is 8.86. The fraction of sp³-hybridized carbons (Fsp3) is 0.700. The Balaban J connectivity index is 3.82. The summed E-state index contributed by atoms with van der Waals surface area (Å²) >= 11 is 0. The molecule has 0 radical (unpaired) electrons. The van der Waals surface area contributed by atoms with E-state index in [4.69, 9.17) is 9.84 Å². The Hall–Kier alpha value is -0.940. The minimum absolute atomic E-state index is 0.0439. The summed E-state index contributed by atoms with van der Waals surface area (Å²) in [5.74, 6) is 0.